The molecule has 3 aromatic rings. The minimum absolute atomic E-state index is 0.0836. The van der Waals surface area contributed by atoms with E-state index in [9.17, 15) is 9.59 Å². The van der Waals surface area contributed by atoms with Crippen LogP contribution in [0.5, 0.6) is 0 Å². The molecule has 0 radical (unpaired) electrons. The van der Waals surface area contributed by atoms with Crippen LogP contribution < -0.4 is 16.9 Å². The van der Waals surface area contributed by atoms with Gasteiger partial charge in [0, 0.05) is 22.3 Å². The van der Waals surface area contributed by atoms with Crippen LogP contribution in [0.3, 0.4) is 0 Å². The Kier molecular flexibility index (Phi) is 4.36. The number of aromatic nitrogens is 3. The van der Waals surface area contributed by atoms with Crippen molar-refractivity contribution in [1.29, 1.82) is 0 Å². The Morgan fingerprint density at radius 3 is 2.48 bits per heavy atom. The summed E-state index contributed by atoms with van der Waals surface area (Å²) in [6.07, 6.45) is 2.79. The second kappa shape index (κ2) is 6.62. The number of amides is 2. The topological polar surface area (TPSA) is 129 Å². The number of hydrogen-bond acceptors (Lipinski definition) is 5. The summed E-state index contributed by atoms with van der Waals surface area (Å²) in [5.74, 6) is 4.94. The lowest BCUT2D eigenvalue weighted by Gasteiger charge is -2.06. The van der Waals surface area contributed by atoms with Gasteiger partial charge < -0.3 is 16.9 Å². The quantitative estimate of drug-likeness (QED) is 0.612. The van der Waals surface area contributed by atoms with Crippen LogP contribution in [-0.2, 0) is 0 Å². The molecule has 0 bridgehead atoms. The molecule has 9 heteroatoms. The minimum atomic E-state index is -0.691. The van der Waals surface area contributed by atoms with Crippen LogP contribution in [0.15, 0.2) is 48.9 Å². The zero-order chi connectivity index (χ0) is 18.0. The van der Waals surface area contributed by atoms with E-state index < -0.39 is 5.91 Å². The summed E-state index contributed by atoms with van der Waals surface area (Å²) in [6, 6.07) is 9.63. The number of anilines is 1. The Bertz CT molecular complexity index is 952. The molecule has 0 saturated heterocycles. The molecule has 5 N–H and O–H groups in total. The molecule has 2 heterocycles. The number of nitrogens with zero attached hydrogens (tertiary/aromatic N) is 3. The van der Waals surface area contributed by atoms with Crippen LogP contribution >= 0.6 is 11.6 Å². The maximum atomic E-state index is 12.2. The van der Waals surface area contributed by atoms with Gasteiger partial charge in [-0.2, -0.15) is 0 Å². The molecule has 0 fully saturated rings. The highest BCUT2D eigenvalue weighted by atomic mass is 35.5. The summed E-state index contributed by atoms with van der Waals surface area (Å²) < 4.78 is 1.06. The van der Waals surface area contributed by atoms with Gasteiger partial charge >= 0.3 is 0 Å². The SMILES string of the molecule is NC(=O)c1c(-c2ccc(C(=O)Nc3cc(Cl)ccn3)cc2)ncn1N. The van der Waals surface area contributed by atoms with Crippen molar-refractivity contribution in [2.75, 3.05) is 11.2 Å². The number of carbonyl (C=O) groups is 2. The second-order valence-electron chi connectivity index (χ2n) is 5.10. The van der Waals surface area contributed by atoms with Gasteiger partial charge in [0.05, 0.1) is 0 Å². The monoisotopic (exact) mass is 356 g/mol. The number of nitrogens with two attached hydrogens (primary N) is 2. The first-order valence-corrected chi connectivity index (χ1v) is 7.49. The van der Waals surface area contributed by atoms with Crippen molar-refractivity contribution in [2.45, 2.75) is 0 Å². The molecule has 8 nitrogen and oxygen atoms in total. The van der Waals surface area contributed by atoms with Crippen molar-refractivity contribution >= 4 is 29.2 Å². The first-order chi connectivity index (χ1) is 12.0. The number of rotatable bonds is 4. The standard InChI is InChI=1S/C16H13ClN6O2/c17-11-5-6-20-12(7-11)22-16(25)10-3-1-9(2-4-10)13-14(15(18)24)23(19)8-21-13/h1-8H,19H2,(H2,18,24)(H,20,22,25). The number of halogens is 1. The molecular weight excluding hydrogens is 344 g/mol. The molecule has 25 heavy (non-hydrogen) atoms. The molecule has 0 aliphatic heterocycles. The molecule has 2 amide bonds. The van der Waals surface area contributed by atoms with Crippen LogP contribution in [0.1, 0.15) is 20.8 Å². The number of nitrogens with one attached hydrogen (secondary N) is 1. The van der Waals surface area contributed by atoms with Crippen molar-refractivity contribution in [1.82, 2.24) is 14.6 Å². The van der Waals surface area contributed by atoms with Gasteiger partial charge in [0.1, 0.15) is 17.8 Å². The van der Waals surface area contributed by atoms with E-state index >= 15 is 0 Å². The van der Waals surface area contributed by atoms with Gasteiger partial charge in [0.25, 0.3) is 11.8 Å². The number of benzene rings is 1. The fraction of sp³-hybridized carbons (Fsp3) is 0. The summed E-state index contributed by atoms with van der Waals surface area (Å²) in [5, 5.41) is 3.11. The predicted molar refractivity (Wildman–Crippen MR) is 93.5 cm³/mol. The van der Waals surface area contributed by atoms with E-state index in [4.69, 9.17) is 23.2 Å². The highest BCUT2D eigenvalue weighted by Crippen LogP contribution is 2.22. The molecule has 1 aromatic carbocycles. The van der Waals surface area contributed by atoms with E-state index in [0.29, 0.717) is 27.7 Å². The number of nitrogen functional groups attached to an aromatic ring is 1. The van der Waals surface area contributed by atoms with Gasteiger partial charge in [-0.1, -0.05) is 23.7 Å². The van der Waals surface area contributed by atoms with Gasteiger partial charge in [-0.3, -0.25) is 9.59 Å². The maximum absolute atomic E-state index is 12.2. The van der Waals surface area contributed by atoms with E-state index in [1.807, 2.05) is 0 Å². The summed E-state index contributed by atoms with van der Waals surface area (Å²) in [7, 11) is 0. The molecular formula is C16H13ClN6O2. The second-order valence-corrected chi connectivity index (χ2v) is 5.54. The molecule has 0 saturated carbocycles. The zero-order valence-electron chi connectivity index (χ0n) is 12.8. The van der Waals surface area contributed by atoms with Crippen LogP contribution in [0.4, 0.5) is 5.82 Å². The van der Waals surface area contributed by atoms with Gasteiger partial charge in [-0.15, -0.1) is 0 Å². The van der Waals surface area contributed by atoms with Crippen LogP contribution in [0.2, 0.25) is 5.02 Å². The van der Waals surface area contributed by atoms with Crippen LogP contribution in [-0.4, -0.2) is 26.5 Å². The average Bonchev–Trinajstić information content (AvgIpc) is 2.97. The Morgan fingerprint density at radius 2 is 1.84 bits per heavy atom. The minimum Gasteiger partial charge on any atom is -0.364 e. The van der Waals surface area contributed by atoms with Crippen LogP contribution in [0, 0.1) is 0 Å². The molecule has 126 valence electrons. The molecule has 0 unspecified atom stereocenters. The summed E-state index contributed by atoms with van der Waals surface area (Å²) in [5.41, 5.74) is 6.75. The largest absolute Gasteiger partial charge is 0.364 e. The third-order valence-electron chi connectivity index (χ3n) is 3.41. The molecule has 0 spiro atoms. The highest BCUT2D eigenvalue weighted by Gasteiger charge is 2.17. The van der Waals surface area contributed by atoms with Gasteiger partial charge in [0.2, 0.25) is 0 Å². The van der Waals surface area contributed by atoms with Crippen molar-refractivity contribution < 1.29 is 9.59 Å². The van der Waals surface area contributed by atoms with E-state index in [1.54, 1.807) is 36.4 Å². The average molecular weight is 357 g/mol. The first-order valence-electron chi connectivity index (χ1n) is 7.11. The van der Waals surface area contributed by atoms with E-state index in [1.165, 1.54) is 12.5 Å². The molecule has 0 aliphatic carbocycles. The van der Waals surface area contributed by atoms with E-state index in [0.717, 1.165) is 4.68 Å². The fourth-order valence-corrected chi connectivity index (χ4v) is 2.42. The molecule has 0 atom stereocenters. The Labute approximate surface area is 147 Å². The number of carbonyl (C=O) groups excluding carboxylic acids is 2. The number of pyridine rings is 1. The Morgan fingerprint density at radius 1 is 1.12 bits per heavy atom. The number of hydrogen-bond donors (Lipinski definition) is 3. The Balaban J connectivity index is 1.83. The number of imidazole rings is 1. The van der Waals surface area contributed by atoms with E-state index in [-0.39, 0.29) is 11.6 Å². The lowest BCUT2D eigenvalue weighted by Crippen LogP contribution is -2.21. The van der Waals surface area contributed by atoms with Crippen molar-refractivity contribution in [3.8, 4) is 11.3 Å². The third kappa shape index (κ3) is 3.43. The third-order valence-corrected chi connectivity index (χ3v) is 3.65. The van der Waals surface area contributed by atoms with Gasteiger partial charge in [-0.25, -0.2) is 14.6 Å². The van der Waals surface area contributed by atoms with Crippen molar-refractivity contribution in [3.63, 3.8) is 0 Å². The predicted octanol–water partition coefficient (Wildman–Crippen LogP) is 1.66. The maximum Gasteiger partial charge on any atom is 0.269 e. The lowest BCUT2D eigenvalue weighted by atomic mass is 10.1. The smallest absolute Gasteiger partial charge is 0.269 e. The van der Waals surface area contributed by atoms with Crippen LogP contribution in [0.25, 0.3) is 11.3 Å². The summed E-state index contributed by atoms with van der Waals surface area (Å²) in [6.45, 7) is 0. The lowest BCUT2D eigenvalue weighted by molar-refractivity contribution is 0.0991. The van der Waals surface area contributed by atoms with Gasteiger partial charge in [-0.05, 0) is 24.3 Å². The van der Waals surface area contributed by atoms with Crippen molar-refractivity contribution in [3.05, 3.63) is 65.2 Å². The fourth-order valence-electron chi connectivity index (χ4n) is 2.26. The van der Waals surface area contributed by atoms with Gasteiger partial charge in [0.15, 0.2) is 5.69 Å². The summed E-state index contributed by atoms with van der Waals surface area (Å²) >= 11 is 5.86. The Hall–Kier alpha value is -3.39. The summed E-state index contributed by atoms with van der Waals surface area (Å²) in [4.78, 5) is 31.8. The van der Waals surface area contributed by atoms with Crippen molar-refractivity contribution in [2.24, 2.45) is 5.73 Å². The molecule has 3 rings (SSSR count). The normalized spacial score (nSPS) is 10.4. The van der Waals surface area contributed by atoms with E-state index in [2.05, 4.69) is 15.3 Å². The molecule has 2 aromatic heterocycles. The number of primary amides is 1. The first kappa shape index (κ1) is 16.5. The highest BCUT2D eigenvalue weighted by molar-refractivity contribution is 6.30. The molecule has 0 aliphatic rings. The zero-order valence-corrected chi connectivity index (χ0v) is 13.6.